The highest BCUT2D eigenvalue weighted by molar-refractivity contribution is 8.02. The van der Waals surface area contributed by atoms with Crippen molar-refractivity contribution in [3.05, 3.63) is 41.3 Å². The average molecular weight is 194 g/mol. The maximum atomic E-state index is 8.54. The predicted molar refractivity (Wildman–Crippen MR) is 57.9 cm³/mol. The Morgan fingerprint density at radius 1 is 1.31 bits per heavy atom. The number of aliphatic hydroxyl groups is 1. The summed E-state index contributed by atoms with van der Waals surface area (Å²) in [4.78, 5) is 1.24. The SMILES string of the molecule is Cc1ccc(S/C=C/CCO)cc1. The molecule has 0 aliphatic rings. The Hall–Kier alpha value is -0.730. The molecule has 0 amide bonds. The van der Waals surface area contributed by atoms with Gasteiger partial charge in [0.15, 0.2) is 0 Å². The Balaban J connectivity index is 2.41. The summed E-state index contributed by atoms with van der Waals surface area (Å²) >= 11 is 1.68. The van der Waals surface area contributed by atoms with Crippen LogP contribution in [0.4, 0.5) is 0 Å². The van der Waals surface area contributed by atoms with Gasteiger partial charge in [-0.2, -0.15) is 0 Å². The average Bonchev–Trinajstić information content (AvgIpc) is 2.15. The first-order chi connectivity index (χ1) is 6.33. The van der Waals surface area contributed by atoms with Gasteiger partial charge in [-0.25, -0.2) is 0 Å². The standard InChI is InChI=1S/C11H14OS/c1-10-4-6-11(7-5-10)13-9-3-2-8-12/h3-7,9,12H,2,8H2,1H3/b9-3+. The highest BCUT2D eigenvalue weighted by Gasteiger charge is 1.88. The van der Waals surface area contributed by atoms with Crippen LogP contribution in [0, 0.1) is 6.92 Å². The number of rotatable bonds is 4. The molecule has 0 radical (unpaired) electrons. The summed E-state index contributed by atoms with van der Waals surface area (Å²) in [5.41, 5.74) is 1.28. The molecule has 1 aromatic rings. The van der Waals surface area contributed by atoms with Crippen LogP contribution in [0.2, 0.25) is 0 Å². The normalized spacial score (nSPS) is 10.9. The van der Waals surface area contributed by atoms with Crippen LogP contribution in [-0.2, 0) is 0 Å². The molecule has 1 rings (SSSR count). The molecule has 1 N–H and O–H groups in total. The zero-order valence-corrected chi connectivity index (χ0v) is 8.55. The Labute approximate surface area is 83.5 Å². The summed E-state index contributed by atoms with van der Waals surface area (Å²) in [6.45, 7) is 2.31. The summed E-state index contributed by atoms with van der Waals surface area (Å²) in [5.74, 6) is 0. The molecule has 0 atom stereocenters. The van der Waals surface area contributed by atoms with E-state index < -0.39 is 0 Å². The fourth-order valence-corrected chi connectivity index (χ4v) is 1.57. The zero-order chi connectivity index (χ0) is 9.52. The molecule has 0 saturated heterocycles. The molecular weight excluding hydrogens is 180 g/mol. The molecule has 1 nitrogen and oxygen atoms in total. The largest absolute Gasteiger partial charge is 0.396 e. The molecule has 2 heteroatoms. The van der Waals surface area contributed by atoms with Gasteiger partial charge in [-0.3, -0.25) is 0 Å². The van der Waals surface area contributed by atoms with Crippen LogP contribution in [0.15, 0.2) is 40.6 Å². The van der Waals surface area contributed by atoms with Gasteiger partial charge >= 0.3 is 0 Å². The topological polar surface area (TPSA) is 20.2 Å². The van der Waals surface area contributed by atoms with Crippen LogP contribution in [0.1, 0.15) is 12.0 Å². The fraction of sp³-hybridized carbons (Fsp3) is 0.273. The third-order valence-electron chi connectivity index (χ3n) is 1.62. The van der Waals surface area contributed by atoms with Crippen LogP contribution in [0.3, 0.4) is 0 Å². The minimum atomic E-state index is 0.227. The van der Waals surface area contributed by atoms with Gasteiger partial charge in [-0.05, 0) is 30.9 Å². The summed E-state index contributed by atoms with van der Waals surface area (Å²) in [6, 6.07) is 8.40. The highest BCUT2D eigenvalue weighted by atomic mass is 32.2. The van der Waals surface area contributed by atoms with Gasteiger partial charge in [0, 0.05) is 11.5 Å². The van der Waals surface area contributed by atoms with E-state index in [2.05, 4.69) is 31.2 Å². The summed E-state index contributed by atoms with van der Waals surface area (Å²) < 4.78 is 0. The van der Waals surface area contributed by atoms with E-state index in [9.17, 15) is 0 Å². The van der Waals surface area contributed by atoms with E-state index in [0.29, 0.717) is 0 Å². The second kappa shape index (κ2) is 5.84. The van der Waals surface area contributed by atoms with E-state index in [1.54, 1.807) is 11.8 Å². The number of aryl methyl sites for hydroxylation is 1. The monoisotopic (exact) mass is 194 g/mol. The Kier molecular flexibility index (Phi) is 4.65. The van der Waals surface area contributed by atoms with Crippen molar-refractivity contribution in [1.29, 1.82) is 0 Å². The van der Waals surface area contributed by atoms with Crippen LogP contribution in [0.25, 0.3) is 0 Å². The maximum Gasteiger partial charge on any atom is 0.0465 e. The molecular formula is C11H14OS. The Morgan fingerprint density at radius 3 is 2.62 bits per heavy atom. The second-order valence-electron chi connectivity index (χ2n) is 2.81. The summed E-state index contributed by atoms with van der Waals surface area (Å²) in [7, 11) is 0. The van der Waals surface area contributed by atoms with E-state index >= 15 is 0 Å². The molecule has 13 heavy (non-hydrogen) atoms. The number of aliphatic hydroxyl groups excluding tert-OH is 1. The molecule has 0 aromatic heterocycles. The number of benzene rings is 1. The first-order valence-corrected chi connectivity index (χ1v) is 5.20. The molecule has 0 saturated carbocycles. The quantitative estimate of drug-likeness (QED) is 0.744. The lowest BCUT2D eigenvalue weighted by Gasteiger charge is -1.96. The fourth-order valence-electron chi connectivity index (χ4n) is 0.886. The lowest BCUT2D eigenvalue weighted by atomic mass is 10.2. The van der Waals surface area contributed by atoms with Gasteiger partial charge in [-0.1, -0.05) is 35.5 Å². The molecule has 0 aliphatic carbocycles. The molecule has 1 aromatic carbocycles. The van der Waals surface area contributed by atoms with Gasteiger partial charge in [0.25, 0.3) is 0 Å². The number of hydrogen-bond acceptors (Lipinski definition) is 2. The summed E-state index contributed by atoms with van der Waals surface area (Å²) in [5, 5.41) is 10.6. The maximum absolute atomic E-state index is 8.54. The first-order valence-electron chi connectivity index (χ1n) is 4.32. The molecule has 0 unspecified atom stereocenters. The van der Waals surface area contributed by atoms with E-state index in [1.165, 1.54) is 10.5 Å². The lowest BCUT2D eigenvalue weighted by molar-refractivity contribution is 0.302. The van der Waals surface area contributed by atoms with Gasteiger partial charge in [0.1, 0.15) is 0 Å². The van der Waals surface area contributed by atoms with Crippen LogP contribution in [-0.4, -0.2) is 11.7 Å². The van der Waals surface area contributed by atoms with E-state index in [4.69, 9.17) is 5.11 Å². The van der Waals surface area contributed by atoms with Crippen LogP contribution in [0.5, 0.6) is 0 Å². The smallest absolute Gasteiger partial charge is 0.0465 e. The minimum absolute atomic E-state index is 0.227. The van der Waals surface area contributed by atoms with Crippen molar-refractivity contribution in [2.24, 2.45) is 0 Å². The Morgan fingerprint density at radius 2 is 2.00 bits per heavy atom. The molecule has 0 heterocycles. The van der Waals surface area contributed by atoms with Crippen molar-refractivity contribution >= 4 is 11.8 Å². The highest BCUT2D eigenvalue weighted by Crippen LogP contribution is 2.19. The van der Waals surface area contributed by atoms with Crippen molar-refractivity contribution in [2.75, 3.05) is 6.61 Å². The number of thioether (sulfide) groups is 1. The van der Waals surface area contributed by atoms with Gasteiger partial charge in [-0.15, -0.1) is 0 Å². The van der Waals surface area contributed by atoms with E-state index in [0.717, 1.165) is 6.42 Å². The molecule has 0 aliphatic heterocycles. The summed E-state index contributed by atoms with van der Waals surface area (Å²) in [6.07, 6.45) is 2.71. The van der Waals surface area contributed by atoms with Gasteiger partial charge in [0.05, 0.1) is 0 Å². The predicted octanol–water partition coefficient (Wildman–Crippen LogP) is 2.98. The zero-order valence-electron chi connectivity index (χ0n) is 7.73. The van der Waals surface area contributed by atoms with Crippen molar-refractivity contribution in [3.8, 4) is 0 Å². The van der Waals surface area contributed by atoms with Crippen molar-refractivity contribution in [1.82, 2.24) is 0 Å². The van der Waals surface area contributed by atoms with Crippen LogP contribution >= 0.6 is 11.8 Å². The molecule has 70 valence electrons. The van der Waals surface area contributed by atoms with Crippen molar-refractivity contribution < 1.29 is 5.11 Å². The van der Waals surface area contributed by atoms with E-state index in [-0.39, 0.29) is 6.61 Å². The van der Waals surface area contributed by atoms with Gasteiger partial charge in [0.2, 0.25) is 0 Å². The third-order valence-corrected chi connectivity index (χ3v) is 2.49. The Bertz CT molecular complexity index is 264. The third kappa shape index (κ3) is 4.15. The lowest BCUT2D eigenvalue weighted by Crippen LogP contribution is -1.74. The molecule has 0 bridgehead atoms. The minimum Gasteiger partial charge on any atom is -0.396 e. The van der Waals surface area contributed by atoms with Gasteiger partial charge < -0.3 is 5.11 Å². The number of hydrogen-bond donors (Lipinski definition) is 1. The second-order valence-corrected chi connectivity index (χ2v) is 3.79. The molecule has 0 spiro atoms. The van der Waals surface area contributed by atoms with Crippen LogP contribution < -0.4 is 0 Å². The van der Waals surface area contributed by atoms with Crippen molar-refractivity contribution in [3.63, 3.8) is 0 Å². The first kappa shape index (κ1) is 10.4. The van der Waals surface area contributed by atoms with E-state index in [1.807, 2.05) is 11.5 Å². The van der Waals surface area contributed by atoms with Crippen molar-refractivity contribution in [2.45, 2.75) is 18.2 Å². The molecule has 0 fully saturated rings.